The Bertz CT molecular complexity index is 1100. The van der Waals surface area contributed by atoms with Crippen LogP contribution in [0.4, 0.5) is 11.4 Å². The van der Waals surface area contributed by atoms with Crippen molar-refractivity contribution in [2.24, 2.45) is 0 Å². The molecule has 3 rings (SSSR count). The van der Waals surface area contributed by atoms with E-state index in [9.17, 15) is 13.2 Å². The van der Waals surface area contributed by atoms with Crippen LogP contribution in [0, 0.1) is 0 Å². The minimum absolute atomic E-state index is 0.0907. The lowest BCUT2D eigenvalue weighted by Crippen LogP contribution is -2.30. The van der Waals surface area contributed by atoms with E-state index in [0.717, 1.165) is 19.4 Å². The smallest absolute Gasteiger partial charge is 0.273 e. The van der Waals surface area contributed by atoms with Crippen molar-refractivity contribution in [3.8, 4) is 5.75 Å². The van der Waals surface area contributed by atoms with E-state index >= 15 is 0 Å². The van der Waals surface area contributed by atoms with Gasteiger partial charge in [-0.15, -0.1) is 11.3 Å². The van der Waals surface area contributed by atoms with Gasteiger partial charge in [0, 0.05) is 32.9 Å². The summed E-state index contributed by atoms with van der Waals surface area (Å²) < 4.78 is 32.2. The van der Waals surface area contributed by atoms with Crippen molar-refractivity contribution in [1.29, 1.82) is 0 Å². The molecule has 0 saturated heterocycles. The number of carbonyl (C=O) groups is 1. The highest BCUT2D eigenvalue weighted by atomic mass is 32.2. The van der Waals surface area contributed by atoms with E-state index in [1.807, 2.05) is 18.2 Å². The maximum Gasteiger partial charge on any atom is 0.273 e. The van der Waals surface area contributed by atoms with Gasteiger partial charge in [-0.3, -0.25) is 9.10 Å². The van der Waals surface area contributed by atoms with Crippen LogP contribution in [0.5, 0.6) is 5.75 Å². The van der Waals surface area contributed by atoms with Crippen molar-refractivity contribution in [3.63, 3.8) is 0 Å². The van der Waals surface area contributed by atoms with Gasteiger partial charge in [-0.05, 0) is 60.7 Å². The van der Waals surface area contributed by atoms with E-state index in [4.69, 9.17) is 4.74 Å². The Morgan fingerprint density at radius 3 is 2.33 bits per heavy atom. The molecule has 0 radical (unpaired) electrons. The van der Waals surface area contributed by atoms with E-state index in [2.05, 4.69) is 29.4 Å². The van der Waals surface area contributed by atoms with Crippen molar-refractivity contribution in [2.75, 3.05) is 43.0 Å². The Balaban J connectivity index is 1.36. The Hall–Kier alpha value is -3.04. The minimum atomic E-state index is -3.58. The van der Waals surface area contributed by atoms with E-state index in [1.165, 1.54) is 28.4 Å². The summed E-state index contributed by atoms with van der Waals surface area (Å²) in [6.45, 7) is 1.42. The molecule has 0 saturated carbocycles. The van der Waals surface area contributed by atoms with Crippen molar-refractivity contribution in [3.05, 3.63) is 72.1 Å². The molecule has 33 heavy (non-hydrogen) atoms. The molecule has 9 heteroatoms. The third-order valence-corrected chi connectivity index (χ3v) is 8.28. The van der Waals surface area contributed by atoms with Gasteiger partial charge in [0.25, 0.3) is 15.9 Å². The number of nitrogens with one attached hydrogen (secondary N) is 1. The van der Waals surface area contributed by atoms with Gasteiger partial charge in [0.2, 0.25) is 0 Å². The SMILES string of the molecule is CN(CCCCNC(=O)COc1ccc(N(C)S(=O)(=O)c2cccs2)cc1)c1ccccc1. The minimum Gasteiger partial charge on any atom is -0.484 e. The standard InChI is InChI=1S/C24H29N3O4S2/c1-26(20-9-4-3-5-10-20)17-7-6-16-25-23(28)19-31-22-14-12-21(13-15-22)27(2)33(29,30)24-11-8-18-32-24/h3-5,8-15,18H,6-7,16-17,19H2,1-2H3,(H,25,28). The van der Waals surface area contributed by atoms with Gasteiger partial charge in [-0.2, -0.15) is 0 Å². The summed E-state index contributed by atoms with van der Waals surface area (Å²) in [4.78, 5) is 14.2. The maximum atomic E-state index is 12.6. The number of ether oxygens (including phenoxy) is 1. The second-order valence-corrected chi connectivity index (χ2v) is 10.6. The molecule has 176 valence electrons. The quantitative estimate of drug-likeness (QED) is 0.391. The molecule has 1 amide bonds. The number of sulfonamides is 1. The predicted octanol–water partition coefficient (Wildman–Crippen LogP) is 3.98. The number of carbonyl (C=O) groups excluding carboxylic acids is 1. The highest BCUT2D eigenvalue weighted by Gasteiger charge is 2.22. The van der Waals surface area contributed by atoms with Crippen LogP contribution < -0.4 is 19.3 Å². The van der Waals surface area contributed by atoms with Crippen LogP contribution in [0.25, 0.3) is 0 Å². The fraction of sp³-hybridized carbons (Fsp3) is 0.292. The first-order chi connectivity index (χ1) is 15.9. The van der Waals surface area contributed by atoms with Gasteiger partial charge in [0.15, 0.2) is 6.61 Å². The molecule has 0 bridgehead atoms. The topological polar surface area (TPSA) is 79.0 Å². The van der Waals surface area contributed by atoms with Crippen LogP contribution in [0.15, 0.2) is 76.3 Å². The molecule has 0 aliphatic heterocycles. The van der Waals surface area contributed by atoms with Crippen LogP contribution in [0.1, 0.15) is 12.8 Å². The second-order valence-electron chi connectivity index (χ2n) is 7.50. The summed E-state index contributed by atoms with van der Waals surface area (Å²) in [5.41, 5.74) is 1.69. The first-order valence-electron chi connectivity index (χ1n) is 10.7. The van der Waals surface area contributed by atoms with Gasteiger partial charge in [0.05, 0.1) is 5.69 Å². The van der Waals surface area contributed by atoms with Crippen molar-refractivity contribution in [1.82, 2.24) is 5.32 Å². The van der Waals surface area contributed by atoms with Crippen LogP contribution in [0.3, 0.4) is 0 Å². The predicted molar refractivity (Wildman–Crippen MR) is 134 cm³/mol. The van der Waals surface area contributed by atoms with Gasteiger partial charge >= 0.3 is 0 Å². The molecule has 0 aliphatic carbocycles. The number of para-hydroxylation sites is 1. The number of rotatable bonds is 12. The van der Waals surface area contributed by atoms with Gasteiger partial charge < -0.3 is 15.0 Å². The maximum absolute atomic E-state index is 12.6. The van der Waals surface area contributed by atoms with E-state index < -0.39 is 10.0 Å². The molecule has 3 aromatic rings. The van der Waals surface area contributed by atoms with Crippen LogP contribution >= 0.6 is 11.3 Å². The third-order valence-electron chi connectivity index (χ3n) is 5.12. The largest absolute Gasteiger partial charge is 0.484 e. The molecule has 0 unspecified atom stereocenters. The Kier molecular flexibility index (Phi) is 8.73. The molecule has 1 N–H and O–H groups in total. The first kappa shape index (κ1) is 24.6. The average molecular weight is 488 g/mol. The molecular formula is C24H29N3O4S2. The molecule has 1 heterocycles. The number of hydrogen-bond donors (Lipinski definition) is 1. The van der Waals surface area contributed by atoms with E-state index in [1.54, 1.807) is 41.8 Å². The molecular weight excluding hydrogens is 458 g/mol. The normalized spacial score (nSPS) is 11.1. The second kappa shape index (κ2) is 11.7. The van der Waals surface area contributed by atoms with Gasteiger partial charge in [-0.1, -0.05) is 24.3 Å². The molecule has 0 fully saturated rings. The Morgan fingerprint density at radius 2 is 1.67 bits per heavy atom. The fourth-order valence-electron chi connectivity index (χ4n) is 3.15. The number of unbranched alkanes of at least 4 members (excludes halogenated alkanes) is 1. The third kappa shape index (κ3) is 6.97. The molecule has 0 aliphatic rings. The van der Waals surface area contributed by atoms with Crippen molar-refractivity contribution < 1.29 is 17.9 Å². The van der Waals surface area contributed by atoms with Gasteiger partial charge in [-0.25, -0.2) is 8.42 Å². The summed E-state index contributed by atoms with van der Waals surface area (Å²) in [7, 11) is -0.0120. The Morgan fingerprint density at radius 1 is 0.939 bits per heavy atom. The number of anilines is 2. The molecule has 7 nitrogen and oxygen atoms in total. The van der Waals surface area contributed by atoms with E-state index in [0.29, 0.717) is 18.0 Å². The number of hydrogen-bond acceptors (Lipinski definition) is 6. The van der Waals surface area contributed by atoms with Crippen molar-refractivity contribution >= 4 is 38.6 Å². The van der Waals surface area contributed by atoms with E-state index in [-0.39, 0.29) is 16.7 Å². The zero-order chi connectivity index (χ0) is 23.7. The average Bonchev–Trinajstić information content (AvgIpc) is 3.39. The number of thiophene rings is 1. The number of nitrogens with zero attached hydrogens (tertiary/aromatic N) is 2. The fourth-order valence-corrected chi connectivity index (χ4v) is 5.51. The van der Waals surface area contributed by atoms with Crippen LogP contribution in [-0.2, 0) is 14.8 Å². The number of amides is 1. The summed E-state index contributed by atoms with van der Waals surface area (Å²) in [5, 5.41) is 4.59. The summed E-state index contributed by atoms with van der Waals surface area (Å²) in [6, 6.07) is 20.1. The lowest BCUT2D eigenvalue weighted by Gasteiger charge is -2.19. The molecule has 1 aromatic heterocycles. The zero-order valence-corrected chi connectivity index (χ0v) is 20.4. The molecule has 0 spiro atoms. The summed E-state index contributed by atoms with van der Waals surface area (Å²) in [5.74, 6) is 0.313. The zero-order valence-electron chi connectivity index (χ0n) is 18.8. The first-order valence-corrected chi connectivity index (χ1v) is 13.0. The number of benzene rings is 2. The summed E-state index contributed by atoms with van der Waals surface area (Å²) >= 11 is 1.18. The Labute approximate surface area is 199 Å². The highest BCUT2D eigenvalue weighted by molar-refractivity contribution is 7.94. The highest BCUT2D eigenvalue weighted by Crippen LogP contribution is 2.26. The van der Waals surface area contributed by atoms with Gasteiger partial charge in [0.1, 0.15) is 9.96 Å². The molecule has 2 aromatic carbocycles. The van der Waals surface area contributed by atoms with Crippen LogP contribution in [0.2, 0.25) is 0 Å². The lowest BCUT2D eigenvalue weighted by molar-refractivity contribution is -0.123. The van der Waals surface area contributed by atoms with Crippen LogP contribution in [-0.4, -0.2) is 48.1 Å². The molecule has 0 atom stereocenters. The monoisotopic (exact) mass is 487 g/mol. The lowest BCUT2D eigenvalue weighted by atomic mass is 10.2. The summed E-state index contributed by atoms with van der Waals surface area (Å²) in [6.07, 6.45) is 1.85. The van der Waals surface area contributed by atoms with Crippen molar-refractivity contribution in [2.45, 2.75) is 17.1 Å².